The predicted molar refractivity (Wildman–Crippen MR) is 82.5 cm³/mol. The van der Waals surface area contributed by atoms with E-state index in [-0.39, 0.29) is 11.8 Å². The quantitative estimate of drug-likeness (QED) is 0.916. The predicted octanol–water partition coefficient (Wildman–Crippen LogP) is 2.98. The summed E-state index contributed by atoms with van der Waals surface area (Å²) in [6.07, 6.45) is 1.96. The molecule has 0 aliphatic heterocycles. The van der Waals surface area contributed by atoms with E-state index in [2.05, 4.69) is 27.3 Å². The van der Waals surface area contributed by atoms with Crippen LogP contribution in [0.1, 0.15) is 19.8 Å². The van der Waals surface area contributed by atoms with Crippen LogP contribution in [-0.2, 0) is 4.79 Å². The molecule has 1 aromatic heterocycles. The second kappa shape index (κ2) is 5.91. The van der Waals surface area contributed by atoms with Gasteiger partial charge in [-0.3, -0.25) is 4.79 Å². The van der Waals surface area contributed by atoms with Crippen molar-refractivity contribution in [3.8, 4) is 0 Å². The molecule has 1 amide bonds. The summed E-state index contributed by atoms with van der Waals surface area (Å²) in [5, 5.41) is 11.1. The summed E-state index contributed by atoms with van der Waals surface area (Å²) in [6.45, 7) is 2.87. The Kier molecular flexibility index (Phi) is 3.81. The Morgan fingerprint density at radius 2 is 1.95 bits per heavy atom. The third-order valence-electron chi connectivity index (χ3n) is 3.51. The summed E-state index contributed by atoms with van der Waals surface area (Å²) >= 11 is 0. The molecule has 0 atom stereocenters. The van der Waals surface area contributed by atoms with Crippen LogP contribution in [0.15, 0.2) is 42.5 Å². The van der Waals surface area contributed by atoms with Gasteiger partial charge in [-0.15, -0.1) is 10.2 Å². The minimum absolute atomic E-state index is 0.0486. The van der Waals surface area contributed by atoms with Crippen molar-refractivity contribution >= 4 is 23.2 Å². The van der Waals surface area contributed by atoms with Crippen LogP contribution in [0.3, 0.4) is 0 Å². The molecule has 1 heterocycles. The fourth-order valence-corrected chi connectivity index (χ4v) is 2.19. The number of amides is 1. The van der Waals surface area contributed by atoms with Crippen molar-refractivity contribution in [2.24, 2.45) is 5.92 Å². The van der Waals surface area contributed by atoms with Crippen molar-refractivity contribution in [2.45, 2.75) is 19.8 Å². The van der Waals surface area contributed by atoms with E-state index < -0.39 is 0 Å². The minimum Gasteiger partial charge on any atom is -0.325 e. The lowest BCUT2D eigenvalue weighted by Crippen LogP contribution is -2.19. The fourth-order valence-electron chi connectivity index (χ4n) is 2.19. The smallest absolute Gasteiger partial charge is 0.228 e. The molecule has 5 heteroatoms. The van der Waals surface area contributed by atoms with Gasteiger partial charge in [0.2, 0.25) is 5.91 Å². The highest BCUT2D eigenvalue weighted by Crippen LogP contribution is 2.30. The number of aromatic nitrogens is 2. The van der Waals surface area contributed by atoms with E-state index in [9.17, 15) is 4.79 Å². The van der Waals surface area contributed by atoms with Crippen molar-refractivity contribution in [1.82, 2.24) is 10.2 Å². The average Bonchev–Trinajstić information content (AvgIpc) is 3.36. The molecule has 1 N–H and O–H groups in total. The molecule has 1 aromatic carbocycles. The molecule has 1 saturated carbocycles. The van der Waals surface area contributed by atoms with Crippen LogP contribution in [0.25, 0.3) is 0 Å². The Balaban J connectivity index is 1.74. The molecule has 1 aliphatic carbocycles. The van der Waals surface area contributed by atoms with Gasteiger partial charge in [0.25, 0.3) is 0 Å². The molecule has 0 bridgehead atoms. The first-order valence-corrected chi connectivity index (χ1v) is 7.25. The molecular weight excluding hydrogens is 264 g/mol. The zero-order valence-corrected chi connectivity index (χ0v) is 12.0. The Bertz CT molecular complexity index is 608. The van der Waals surface area contributed by atoms with Gasteiger partial charge in [0, 0.05) is 18.2 Å². The number of rotatable bonds is 5. The van der Waals surface area contributed by atoms with Gasteiger partial charge < -0.3 is 10.2 Å². The van der Waals surface area contributed by atoms with E-state index in [1.165, 1.54) is 0 Å². The van der Waals surface area contributed by atoms with E-state index in [0.717, 1.165) is 30.9 Å². The van der Waals surface area contributed by atoms with E-state index in [4.69, 9.17) is 0 Å². The van der Waals surface area contributed by atoms with E-state index in [1.807, 2.05) is 36.4 Å². The normalized spacial score (nSPS) is 13.8. The zero-order chi connectivity index (χ0) is 14.7. The first kappa shape index (κ1) is 13.5. The zero-order valence-electron chi connectivity index (χ0n) is 12.0. The maximum atomic E-state index is 11.7. The molecule has 2 aromatic rings. The molecule has 21 heavy (non-hydrogen) atoms. The van der Waals surface area contributed by atoms with Crippen LogP contribution in [-0.4, -0.2) is 22.6 Å². The number of benzene rings is 1. The van der Waals surface area contributed by atoms with Gasteiger partial charge in [-0.25, -0.2) is 0 Å². The third kappa shape index (κ3) is 3.18. The molecule has 5 nitrogen and oxygen atoms in total. The lowest BCUT2D eigenvalue weighted by Gasteiger charge is -2.21. The second-order valence-corrected chi connectivity index (χ2v) is 5.12. The van der Waals surface area contributed by atoms with E-state index in [1.54, 1.807) is 6.07 Å². The van der Waals surface area contributed by atoms with Crippen LogP contribution >= 0.6 is 0 Å². The van der Waals surface area contributed by atoms with Crippen LogP contribution in [0.5, 0.6) is 0 Å². The van der Waals surface area contributed by atoms with Crippen LogP contribution in [0.2, 0.25) is 0 Å². The summed E-state index contributed by atoms with van der Waals surface area (Å²) in [5.41, 5.74) is 1.07. The van der Waals surface area contributed by atoms with Gasteiger partial charge >= 0.3 is 0 Å². The number of nitrogens with zero attached hydrogens (tertiary/aromatic N) is 3. The minimum atomic E-state index is 0.0486. The molecule has 0 unspecified atom stereocenters. The number of hydrogen-bond acceptors (Lipinski definition) is 4. The van der Waals surface area contributed by atoms with E-state index in [0.29, 0.717) is 5.82 Å². The SMILES string of the molecule is CCN(c1ccccc1)c1ccc(NC(=O)C2CC2)nn1. The fraction of sp³-hybridized carbons (Fsp3) is 0.312. The lowest BCUT2D eigenvalue weighted by atomic mass is 10.3. The summed E-state index contributed by atoms with van der Waals surface area (Å²) < 4.78 is 0. The molecule has 0 spiro atoms. The number of nitrogens with one attached hydrogen (secondary N) is 1. The van der Waals surface area contributed by atoms with Crippen molar-refractivity contribution in [3.05, 3.63) is 42.5 Å². The van der Waals surface area contributed by atoms with Crippen molar-refractivity contribution in [3.63, 3.8) is 0 Å². The number of carbonyl (C=O) groups is 1. The Labute approximate surface area is 124 Å². The van der Waals surface area contributed by atoms with Gasteiger partial charge in [-0.05, 0) is 44.0 Å². The maximum Gasteiger partial charge on any atom is 0.228 e. The summed E-state index contributed by atoms with van der Waals surface area (Å²) in [7, 11) is 0. The molecule has 0 saturated heterocycles. The van der Waals surface area contributed by atoms with Crippen LogP contribution in [0.4, 0.5) is 17.3 Å². The van der Waals surface area contributed by atoms with E-state index >= 15 is 0 Å². The second-order valence-electron chi connectivity index (χ2n) is 5.12. The monoisotopic (exact) mass is 282 g/mol. The molecule has 0 radical (unpaired) electrons. The van der Waals surface area contributed by atoms with Gasteiger partial charge in [0.1, 0.15) is 0 Å². The highest BCUT2D eigenvalue weighted by molar-refractivity contribution is 5.93. The molecule has 108 valence electrons. The number of hydrogen-bond donors (Lipinski definition) is 1. The van der Waals surface area contributed by atoms with Crippen molar-refractivity contribution in [2.75, 3.05) is 16.8 Å². The standard InChI is InChI=1S/C16H18N4O/c1-2-20(13-6-4-3-5-7-13)15-11-10-14(18-19-15)17-16(21)12-8-9-12/h3-7,10-12H,2,8-9H2,1H3,(H,17,18,21). The van der Waals surface area contributed by atoms with Crippen molar-refractivity contribution in [1.29, 1.82) is 0 Å². The highest BCUT2D eigenvalue weighted by atomic mass is 16.2. The lowest BCUT2D eigenvalue weighted by molar-refractivity contribution is -0.117. The van der Waals surface area contributed by atoms with Gasteiger partial charge in [-0.1, -0.05) is 18.2 Å². The highest BCUT2D eigenvalue weighted by Gasteiger charge is 2.29. The maximum absolute atomic E-state index is 11.7. The van der Waals surface area contributed by atoms with Crippen LogP contribution in [0, 0.1) is 5.92 Å². The van der Waals surface area contributed by atoms with Gasteiger partial charge in [-0.2, -0.15) is 0 Å². The summed E-state index contributed by atoms with van der Waals surface area (Å²) in [6, 6.07) is 13.7. The summed E-state index contributed by atoms with van der Waals surface area (Å²) in [4.78, 5) is 13.8. The molecule has 1 fully saturated rings. The Morgan fingerprint density at radius 1 is 1.19 bits per heavy atom. The van der Waals surface area contributed by atoms with Crippen LogP contribution < -0.4 is 10.2 Å². The number of para-hydroxylation sites is 1. The number of anilines is 3. The number of carbonyl (C=O) groups excluding carboxylic acids is 1. The largest absolute Gasteiger partial charge is 0.325 e. The summed E-state index contributed by atoms with van der Waals surface area (Å²) in [5.74, 6) is 1.50. The molecule has 3 rings (SSSR count). The molecular formula is C16H18N4O. The van der Waals surface area contributed by atoms with Gasteiger partial charge in [0.05, 0.1) is 0 Å². The first-order chi connectivity index (χ1) is 10.3. The van der Waals surface area contributed by atoms with Crippen molar-refractivity contribution < 1.29 is 4.79 Å². The average molecular weight is 282 g/mol. The Hall–Kier alpha value is -2.43. The first-order valence-electron chi connectivity index (χ1n) is 7.25. The van der Waals surface area contributed by atoms with Gasteiger partial charge in [0.15, 0.2) is 11.6 Å². The molecule has 1 aliphatic rings. The Morgan fingerprint density at radius 3 is 2.52 bits per heavy atom. The topological polar surface area (TPSA) is 58.1 Å². The third-order valence-corrected chi connectivity index (χ3v) is 3.51.